The zero-order chi connectivity index (χ0) is 18.9. The summed E-state index contributed by atoms with van der Waals surface area (Å²) >= 11 is 0. The molecule has 1 aliphatic carbocycles. The van der Waals surface area contributed by atoms with E-state index in [1.165, 1.54) is 25.7 Å². The number of hydrogen-bond acceptors (Lipinski definition) is 4. The van der Waals surface area contributed by atoms with Gasteiger partial charge in [-0.1, -0.05) is 25.7 Å². The van der Waals surface area contributed by atoms with Crippen LogP contribution in [0, 0.1) is 0 Å². The zero-order valence-corrected chi connectivity index (χ0v) is 16.1. The summed E-state index contributed by atoms with van der Waals surface area (Å²) in [6.45, 7) is 1.86. The average molecular weight is 377 g/mol. The van der Waals surface area contributed by atoms with Gasteiger partial charge in [-0.05, 0) is 32.1 Å². The molecule has 3 amide bonds. The van der Waals surface area contributed by atoms with E-state index >= 15 is 0 Å². The number of aryl methyl sites for hydroxylation is 1. The van der Waals surface area contributed by atoms with Crippen LogP contribution in [0.5, 0.6) is 0 Å². The molecule has 2 heterocycles. The van der Waals surface area contributed by atoms with Crippen molar-refractivity contribution < 1.29 is 9.59 Å². The van der Waals surface area contributed by atoms with E-state index in [0.29, 0.717) is 32.0 Å². The van der Waals surface area contributed by atoms with Crippen LogP contribution in [0.1, 0.15) is 75.9 Å². The predicted octanol–water partition coefficient (Wildman–Crippen LogP) is 2.03. The van der Waals surface area contributed by atoms with Gasteiger partial charge < -0.3 is 20.5 Å². The number of nitrogens with zero attached hydrogens (tertiary/aromatic N) is 3. The first-order chi connectivity index (χ1) is 13.2. The monoisotopic (exact) mass is 376 g/mol. The van der Waals surface area contributed by atoms with Crippen LogP contribution in [-0.2, 0) is 24.3 Å². The van der Waals surface area contributed by atoms with Crippen molar-refractivity contribution in [1.82, 2.24) is 30.7 Å². The zero-order valence-electron chi connectivity index (χ0n) is 16.1. The maximum absolute atomic E-state index is 12.0. The molecule has 1 aromatic heterocycles. The molecule has 8 nitrogen and oxygen atoms in total. The highest BCUT2D eigenvalue weighted by Crippen LogP contribution is 2.17. The lowest BCUT2D eigenvalue weighted by Crippen LogP contribution is -2.43. The van der Waals surface area contributed by atoms with Crippen molar-refractivity contribution in [3.8, 4) is 0 Å². The van der Waals surface area contributed by atoms with Gasteiger partial charge in [-0.3, -0.25) is 4.79 Å². The highest BCUT2D eigenvalue weighted by atomic mass is 16.2. The number of carbonyl (C=O) groups excluding carboxylic acids is 2. The van der Waals surface area contributed by atoms with Crippen LogP contribution in [0.15, 0.2) is 0 Å². The summed E-state index contributed by atoms with van der Waals surface area (Å²) in [5, 5.41) is 17.2. The van der Waals surface area contributed by atoms with Gasteiger partial charge >= 0.3 is 6.03 Å². The van der Waals surface area contributed by atoms with E-state index in [-0.39, 0.29) is 11.9 Å². The second kappa shape index (κ2) is 10.3. The van der Waals surface area contributed by atoms with Crippen molar-refractivity contribution in [3.05, 3.63) is 11.6 Å². The van der Waals surface area contributed by atoms with Crippen LogP contribution in [0.3, 0.4) is 0 Å². The highest BCUT2D eigenvalue weighted by molar-refractivity contribution is 5.76. The molecule has 0 saturated heterocycles. The molecule has 0 radical (unpaired) electrons. The van der Waals surface area contributed by atoms with Crippen LogP contribution in [0.4, 0.5) is 4.79 Å². The Kier molecular flexibility index (Phi) is 7.47. The molecular formula is C19H32N6O2. The third-order valence-electron chi connectivity index (χ3n) is 5.44. The van der Waals surface area contributed by atoms with Crippen molar-refractivity contribution in [2.24, 2.45) is 0 Å². The fourth-order valence-corrected chi connectivity index (χ4v) is 3.88. The first kappa shape index (κ1) is 19.6. The molecule has 8 heteroatoms. The van der Waals surface area contributed by atoms with Gasteiger partial charge in [-0.15, -0.1) is 10.2 Å². The average Bonchev–Trinajstić information content (AvgIpc) is 2.90. The van der Waals surface area contributed by atoms with Crippen LogP contribution >= 0.6 is 0 Å². The molecule has 150 valence electrons. The highest BCUT2D eigenvalue weighted by Gasteiger charge is 2.16. The Bertz CT molecular complexity index is 624. The lowest BCUT2D eigenvalue weighted by molar-refractivity contribution is -0.121. The van der Waals surface area contributed by atoms with Crippen molar-refractivity contribution in [1.29, 1.82) is 0 Å². The topological polar surface area (TPSA) is 101 Å². The van der Waals surface area contributed by atoms with E-state index in [2.05, 4.69) is 30.7 Å². The molecule has 1 aliphatic heterocycles. The van der Waals surface area contributed by atoms with Crippen LogP contribution < -0.4 is 16.0 Å². The molecule has 0 bridgehead atoms. The normalized spacial score (nSPS) is 17.6. The number of rotatable bonds is 7. The maximum Gasteiger partial charge on any atom is 0.315 e. The molecule has 1 aromatic rings. The molecule has 27 heavy (non-hydrogen) atoms. The molecule has 2 aliphatic rings. The number of fused-ring (bicyclic) bond motifs is 1. The number of aromatic nitrogens is 3. The van der Waals surface area contributed by atoms with Gasteiger partial charge in [-0.25, -0.2) is 4.79 Å². The van der Waals surface area contributed by atoms with Crippen LogP contribution in [0.25, 0.3) is 0 Å². The summed E-state index contributed by atoms with van der Waals surface area (Å²) in [5.41, 5.74) is 0. The molecule has 3 rings (SSSR count). The fraction of sp³-hybridized carbons (Fsp3) is 0.789. The first-order valence-corrected chi connectivity index (χ1v) is 10.4. The Labute approximate surface area is 160 Å². The van der Waals surface area contributed by atoms with E-state index in [0.717, 1.165) is 50.3 Å². The standard InChI is InChI=1S/C19H32N6O2/c26-18(11-7-12-20-19(27)22-15-8-3-1-4-9-15)21-14-17-24-23-16-10-5-2-6-13-25(16)17/h15H,1-14H2,(H,21,26)(H2,20,22,27). The number of carbonyl (C=O) groups is 2. The van der Waals surface area contributed by atoms with E-state index in [4.69, 9.17) is 0 Å². The fourth-order valence-electron chi connectivity index (χ4n) is 3.88. The number of nitrogens with one attached hydrogen (secondary N) is 3. The largest absolute Gasteiger partial charge is 0.349 e. The quantitative estimate of drug-likeness (QED) is 0.634. The second-order valence-corrected chi connectivity index (χ2v) is 7.61. The van der Waals surface area contributed by atoms with Crippen molar-refractivity contribution in [2.75, 3.05) is 6.54 Å². The summed E-state index contributed by atoms with van der Waals surface area (Å²) in [4.78, 5) is 23.9. The molecule has 0 unspecified atom stereocenters. The van der Waals surface area contributed by atoms with E-state index in [9.17, 15) is 9.59 Å². The lowest BCUT2D eigenvalue weighted by Gasteiger charge is -2.22. The third kappa shape index (κ3) is 6.22. The SMILES string of the molecule is O=C(CCCNC(=O)NC1CCCCC1)NCc1nnc2n1CCCCC2. The smallest absolute Gasteiger partial charge is 0.315 e. The van der Waals surface area contributed by atoms with Crippen molar-refractivity contribution in [2.45, 2.75) is 89.8 Å². The minimum absolute atomic E-state index is 0.0181. The van der Waals surface area contributed by atoms with E-state index in [1.807, 2.05) is 0 Å². The molecular weight excluding hydrogens is 344 g/mol. The molecule has 0 atom stereocenters. The minimum Gasteiger partial charge on any atom is -0.349 e. The van der Waals surface area contributed by atoms with Gasteiger partial charge in [0.25, 0.3) is 0 Å². The van der Waals surface area contributed by atoms with Crippen LogP contribution in [0.2, 0.25) is 0 Å². The van der Waals surface area contributed by atoms with Gasteiger partial charge in [0.05, 0.1) is 6.54 Å². The first-order valence-electron chi connectivity index (χ1n) is 10.4. The number of hydrogen-bond donors (Lipinski definition) is 3. The Balaban J connectivity index is 1.29. The second-order valence-electron chi connectivity index (χ2n) is 7.61. The number of amides is 3. The van der Waals surface area contributed by atoms with Gasteiger partial charge in [0, 0.05) is 32.0 Å². The summed E-state index contributed by atoms with van der Waals surface area (Å²) < 4.78 is 2.14. The molecule has 1 saturated carbocycles. The maximum atomic E-state index is 12.0. The van der Waals surface area contributed by atoms with E-state index in [1.54, 1.807) is 0 Å². The predicted molar refractivity (Wildman–Crippen MR) is 102 cm³/mol. The third-order valence-corrected chi connectivity index (χ3v) is 5.44. The Morgan fingerprint density at radius 3 is 2.67 bits per heavy atom. The number of urea groups is 1. The molecule has 3 N–H and O–H groups in total. The summed E-state index contributed by atoms with van der Waals surface area (Å²) in [6, 6.07) is 0.189. The Morgan fingerprint density at radius 1 is 1.00 bits per heavy atom. The van der Waals surface area contributed by atoms with Crippen molar-refractivity contribution in [3.63, 3.8) is 0 Å². The van der Waals surface area contributed by atoms with Gasteiger partial charge in [0.1, 0.15) is 5.82 Å². The van der Waals surface area contributed by atoms with Crippen molar-refractivity contribution >= 4 is 11.9 Å². The Hall–Kier alpha value is -2.12. The van der Waals surface area contributed by atoms with Crippen LogP contribution in [-0.4, -0.2) is 39.3 Å². The summed E-state index contributed by atoms with van der Waals surface area (Å²) in [7, 11) is 0. The molecule has 1 fully saturated rings. The molecule has 0 spiro atoms. The Morgan fingerprint density at radius 2 is 1.81 bits per heavy atom. The lowest BCUT2D eigenvalue weighted by atomic mass is 9.96. The summed E-state index contributed by atoms with van der Waals surface area (Å²) in [6.07, 6.45) is 11.3. The van der Waals surface area contributed by atoms with Gasteiger partial charge in [0.2, 0.25) is 5.91 Å². The van der Waals surface area contributed by atoms with E-state index < -0.39 is 0 Å². The van der Waals surface area contributed by atoms with Gasteiger partial charge in [0.15, 0.2) is 5.82 Å². The minimum atomic E-state index is -0.117. The van der Waals surface area contributed by atoms with Gasteiger partial charge in [-0.2, -0.15) is 0 Å². The molecule has 0 aromatic carbocycles. The summed E-state index contributed by atoms with van der Waals surface area (Å²) in [5.74, 6) is 1.85.